The molecule has 0 bridgehead atoms. The van der Waals surface area contributed by atoms with Crippen molar-refractivity contribution in [3.05, 3.63) is 0 Å². The van der Waals surface area contributed by atoms with Crippen LogP contribution in [0, 0.1) is 5.92 Å². The molecule has 1 aliphatic rings. The smallest absolute Gasteiger partial charge is 0.221 e. The van der Waals surface area contributed by atoms with Gasteiger partial charge in [0.25, 0.3) is 0 Å². The summed E-state index contributed by atoms with van der Waals surface area (Å²) in [6.07, 6.45) is 2.98. The zero-order valence-electron chi connectivity index (χ0n) is 18.5. The monoisotopic (exact) mass is 510 g/mol. The lowest BCUT2D eigenvalue weighted by Crippen LogP contribution is -2.45. The number of carbonyl (C=O) groups excluding carboxylic acids is 1. The van der Waals surface area contributed by atoms with E-state index in [2.05, 4.69) is 55.1 Å². The molecular formula is C20H43IN6O. The van der Waals surface area contributed by atoms with Crippen molar-refractivity contribution in [1.29, 1.82) is 0 Å². The molecule has 1 unspecified atom stereocenters. The predicted molar refractivity (Wildman–Crippen MR) is 129 cm³/mol. The molecule has 0 aromatic heterocycles. The normalized spacial score (nSPS) is 18.4. The van der Waals surface area contributed by atoms with E-state index in [1.807, 2.05) is 0 Å². The highest BCUT2D eigenvalue weighted by Gasteiger charge is 2.23. The molecule has 1 rings (SSSR count). The van der Waals surface area contributed by atoms with E-state index >= 15 is 0 Å². The number of halogens is 1. The van der Waals surface area contributed by atoms with Crippen molar-refractivity contribution in [2.45, 2.75) is 66.0 Å². The number of aliphatic imine (C=N–C) groups is 1. The molecule has 1 heterocycles. The Balaban J connectivity index is 0.00000729. The Morgan fingerprint density at radius 1 is 1.25 bits per heavy atom. The first-order valence-corrected chi connectivity index (χ1v) is 10.6. The summed E-state index contributed by atoms with van der Waals surface area (Å²) in [5.74, 6) is 0.748. The van der Waals surface area contributed by atoms with Crippen LogP contribution >= 0.6 is 24.0 Å². The summed E-state index contributed by atoms with van der Waals surface area (Å²) in [5.41, 5.74) is 5.45. The molecule has 0 aromatic carbocycles. The first-order chi connectivity index (χ1) is 12.8. The van der Waals surface area contributed by atoms with Gasteiger partial charge in [0.15, 0.2) is 5.96 Å². The van der Waals surface area contributed by atoms with Gasteiger partial charge in [0.05, 0.1) is 5.92 Å². The Labute approximate surface area is 189 Å². The topological polar surface area (TPSA) is 86.0 Å². The number of rotatable bonds is 11. The summed E-state index contributed by atoms with van der Waals surface area (Å²) in [7, 11) is 0. The average molecular weight is 511 g/mol. The number of likely N-dealkylation sites (tertiary alicyclic amines) is 1. The lowest BCUT2D eigenvalue weighted by atomic mass is 9.97. The van der Waals surface area contributed by atoms with Gasteiger partial charge in [-0.2, -0.15) is 0 Å². The van der Waals surface area contributed by atoms with Crippen LogP contribution in [0.15, 0.2) is 4.99 Å². The Morgan fingerprint density at radius 2 is 1.93 bits per heavy atom. The van der Waals surface area contributed by atoms with Gasteiger partial charge >= 0.3 is 0 Å². The zero-order chi connectivity index (χ0) is 20.2. The molecule has 1 amide bonds. The fourth-order valence-corrected chi connectivity index (χ4v) is 3.73. The summed E-state index contributed by atoms with van der Waals surface area (Å²) in [4.78, 5) is 20.9. The average Bonchev–Trinajstić information content (AvgIpc) is 2.61. The number of guanidine groups is 1. The molecular weight excluding hydrogens is 467 g/mol. The molecule has 1 atom stereocenters. The molecule has 7 nitrogen and oxygen atoms in total. The number of hydrogen-bond donors (Lipinski definition) is 3. The van der Waals surface area contributed by atoms with Crippen molar-refractivity contribution >= 4 is 35.8 Å². The number of primary amides is 1. The highest BCUT2D eigenvalue weighted by Crippen LogP contribution is 2.15. The lowest BCUT2D eigenvalue weighted by Gasteiger charge is -2.31. The maximum absolute atomic E-state index is 11.4. The molecule has 0 aliphatic carbocycles. The largest absolute Gasteiger partial charge is 0.369 e. The molecule has 0 aromatic rings. The molecule has 0 saturated carbocycles. The molecule has 0 radical (unpaired) electrons. The lowest BCUT2D eigenvalue weighted by molar-refractivity contribution is -0.123. The molecule has 1 saturated heterocycles. The maximum Gasteiger partial charge on any atom is 0.221 e. The number of nitrogens with zero attached hydrogens (tertiary/aromatic N) is 3. The van der Waals surface area contributed by atoms with Crippen molar-refractivity contribution in [2.24, 2.45) is 16.6 Å². The third-order valence-corrected chi connectivity index (χ3v) is 5.14. The Bertz CT molecular complexity index is 450. The third-order valence-electron chi connectivity index (χ3n) is 5.14. The van der Waals surface area contributed by atoms with Gasteiger partial charge in [0.1, 0.15) is 0 Å². The second-order valence-electron chi connectivity index (χ2n) is 8.01. The van der Waals surface area contributed by atoms with Crippen LogP contribution in [0.25, 0.3) is 0 Å². The highest BCUT2D eigenvalue weighted by atomic mass is 127. The van der Waals surface area contributed by atoms with Crippen LogP contribution in [0.2, 0.25) is 0 Å². The summed E-state index contributed by atoms with van der Waals surface area (Å²) in [6, 6.07) is 1.08. The first kappa shape index (κ1) is 27.4. The van der Waals surface area contributed by atoms with Gasteiger partial charge in [-0.15, -0.1) is 24.0 Å². The molecule has 8 heteroatoms. The van der Waals surface area contributed by atoms with E-state index in [4.69, 9.17) is 10.7 Å². The number of amides is 1. The molecule has 28 heavy (non-hydrogen) atoms. The van der Waals surface area contributed by atoms with Crippen molar-refractivity contribution in [1.82, 2.24) is 20.4 Å². The quantitative estimate of drug-likeness (QED) is 0.171. The third kappa shape index (κ3) is 10.8. The van der Waals surface area contributed by atoms with E-state index in [1.165, 1.54) is 0 Å². The van der Waals surface area contributed by atoms with E-state index in [-0.39, 0.29) is 35.8 Å². The molecule has 1 aliphatic heterocycles. The molecule has 0 spiro atoms. The summed E-state index contributed by atoms with van der Waals surface area (Å²) in [6.45, 7) is 17.4. The Hall–Kier alpha value is -0.610. The number of nitrogens with two attached hydrogens (primary N) is 1. The maximum atomic E-state index is 11.4. The van der Waals surface area contributed by atoms with Crippen LogP contribution in [0.4, 0.5) is 0 Å². The number of hydrogen-bond acceptors (Lipinski definition) is 4. The minimum Gasteiger partial charge on any atom is -0.369 e. The fourth-order valence-electron chi connectivity index (χ4n) is 3.73. The van der Waals surface area contributed by atoms with Gasteiger partial charge in [-0.25, -0.2) is 0 Å². The summed E-state index contributed by atoms with van der Waals surface area (Å²) < 4.78 is 0. The van der Waals surface area contributed by atoms with Crippen LogP contribution in [0.5, 0.6) is 0 Å². The predicted octanol–water partition coefficient (Wildman–Crippen LogP) is 1.87. The summed E-state index contributed by atoms with van der Waals surface area (Å²) >= 11 is 0. The molecule has 4 N–H and O–H groups in total. The van der Waals surface area contributed by atoms with Gasteiger partial charge in [-0.3, -0.25) is 14.7 Å². The van der Waals surface area contributed by atoms with Gasteiger partial charge in [-0.1, -0.05) is 0 Å². The Morgan fingerprint density at radius 3 is 2.50 bits per heavy atom. The van der Waals surface area contributed by atoms with E-state index in [9.17, 15) is 4.79 Å². The molecule has 1 fully saturated rings. The van der Waals surface area contributed by atoms with Crippen molar-refractivity contribution in [3.8, 4) is 0 Å². The van der Waals surface area contributed by atoms with Crippen LogP contribution < -0.4 is 16.4 Å². The van der Waals surface area contributed by atoms with E-state index in [0.717, 1.165) is 71.0 Å². The van der Waals surface area contributed by atoms with Crippen LogP contribution in [-0.4, -0.2) is 79.6 Å². The number of piperidine rings is 1. The van der Waals surface area contributed by atoms with Gasteiger partial charge < -0.3 is 21.3 Å². The minimum atomic E-state index is -0.159. The van der Waals surface area contributed by atoms with Gasteiger partial charge in [-0.05, 0) is 67.0 Å². The van der Waals surface area contributed by atoms with Crippen LogP contribution in [0.3, 0.4) is 0 Å². The fraction of sp³-hybridized carbons (Fsp3) is 0.900. The number of carbonyl (C=O) groups is 1. The molecule has 166 valence electrons. The second-order valence-corrected chi connectivity index (χ2v) is 8.01. The first-order valence-electron chi connectivity index (χ1n) is 10.6. The minimum absolute atomic E-state index is 0. The van der Waals surface area contributed by atoms with Crippen LogP contribution in [0.1, 0.15) is 53.9 Å². The van der Waals surface area contributed by atoms with Crippen molar-refractivity contribution < 1.29 is 4.79 Å². The van der Waals surface area contributed by atoms with E-state index in [0.29, 0.717) is 12.1 Å². The highest BCUT2D eigenvalue weighted by molar-refractivity contribution is 14.0. The van der Waals surface area contributed by atoms with E-state index < -0.39 is 0 Å². The SMILES string of the molecule is CCNC(=NCCCN1CCCC(C(N)=O)C1)NCCN(C(C)C)C(C)C.I. The second kappa shape index (κ2) is 15.3. The van der Waals surface area contributed by atoms with Gasteiger partial charge in [0, 0.05) is 44.8 Å². The van der Waals surface area contributed by atoms with Crippen LogP contribution in [-0.2, 0) is 4.79 Å². The Kier molecular flexibility index (Phi) is 14.9. The van der Waals surface area contributed by atoms with Gasteiger partial charge in [0.2, 0.25) is 5.91 Å². The van der Waals surface area contributed by atoms with E-state index in [1.54, 1.807) is 0 Å². The zero-order valence-corrected chi connectivity index (χ0v) is 20.9. The van der Waals surface area contributed by atoms with Crippen molar-refractivity contribution in [2.75, 3.05) is 45.8 Å². The number of nitrogens with one attached hydrogen (secondary N) is 2. The van der Waals surface area contributed by atoms with Crippen molar-refractivity contribution in [3.63, 3.8) is 0 Å². The summed E-state index contributed by atoms with van der Waals surface area (Å²) in [5, 5.41) is 6.76. The standard InChI is InChI=1S/C20H42N6O.HI/c1-6-22-20(24-11-14-26(16(2)3)17(4)5)23-10-8-13-25-12-7-9-18(15-25)19(21)27;/h16-18H,6-15H2,1-5H3,(H2,21,27)(H2,22,23,24);1H.